The third-order valence-corrected chi connectivity index (χ3v) is 5.85. The van der Waals surface area contributed by atoms with Crippen LogP contribution < -0.4 is 0 Å². The van der Waals surface area contributed by atoms with E-state index in [-0.39, 0.29) is 5.91 Å². The first-order valence-electron chi connectivity index (χ1n) is 9.05. The van der Waals surface area contributed by atoms with Crippen molar-refractivity contribution in [2.24, 2.45) is 5.41 Å². The average Bonchev–Trinajstić information content (AvgIpc) is 2.99. The van der Waals surface area contributed by atoms with Crippen LogP contribution in [0.5, 0.6) is 0 Å². The molecule has 0 radical (unpaired) electrons. The van der Waals surface area contributed by atoms with Crippen molar-refractivity contribution in [1.29, 1.82) is 0 Å². The molecule has 5 nitrogen and oxygen atoms in total. The Morgan fingerprint density at radius 3 is 2.43 bits per heavy atom. The smallest absolute Gasteiger partial charge is 0.319 e. The number of carboxylic acid groups (broad SMARTS) is 1. The summed E-state index contributed by atoms with van der Waals surface area (Å²) < 4.78 is 0. The molecule has 1 saturated heterocycles. The maximum absolute atomic E-state index is 13.0. The van der Waals surface area contributed by atoms with Crippen molar-refractivity contribution < 1.29 is 14.7 Å². The molecule has 1 heterocycles. The fraction of sp³-hybridized carbons (Fsp3) is 0.778. The van der Waals surface area contributed by atoms with Gasteiger partial charge in [-0.2, -0.15) is 0 Å². The summed E-state index contributed by atoms with van der Waals surface area (Å²) in [7, 11) is 0. The van der Waals surface area contributed by atoms with Crippen molar-refractivity contribution in [3.8, 4) is 0 Å². The standard InChI is InChI=1S/C18H28N2O3/c21-16(18(17(22)23)9-4-1-5-10-18)20-12-6-11-19(13-14-20)15-7-2-3-8-15/h1,4,15H,2-3,5-14H2,(H,22,23). The topological polar surface area (TPSA) is 60.9 Å². The van der Waals surface area contributed by atoms with Crippen molar-refractivity contribution in [3.05, 3.63) is 12.2 Å². The van der Waals surface area contributed by atoms with E-state index in [1.807, 2.05) is 17.1 Å². The molecule has 0 aromatic heterocycles. The number of rotatable bonds is 3. The van der Waals surface area contributed by atoms with Crippen LogP contribution in [0.2, 0.25) is 0 Å². The Labute approximate surface area is 138 Å². The lowest BCUT2D eigenvalue weighted by molar-refractivity contribution is -0.161. The SMILES string of the molecule is O=C(O)C1(C(=O)N2CCCN(C3CCCC3)CC2)CC=CCC1. The van der Waals surface area contributed by atoms with Gasteiger partial charge in [0.25, 0.3) is 0 Å². The lowest BCUT2D eigenvalue weighted by Gasteiger charge is -2.34. The third kappa shape index (κ3) is 3.30. The predicted octanol–water partition coefficient (Wildman–Crippen LogP) is 2.27. The van der Waals surface area contributed by atoms with Gasteiger partial charge in [-0.1, -0.05) is 25.0 Å². The molecule has 5 heteroatoms. The molecule has 1 saturated carbocycles. The van der Waals surface area contributed by atoms with Gasteiger partial charge in [0.05, 0.1) is 0 Å². The Kier molecular flexibility index (Phi) is 5.05. The van der Waals surface area contributed by atoms with E-state index in [4.69, 9.17) is 0 Å². The molecule has 1 N–H and O–H groups in total. The summed E-state index contributed by atoms with van der Waals surface area (Å²) in [6, 6.07) is 0.677. The monoisotopic (exact) mass is 320 g/mol. The molecule has 1 atom stereocenters. The van der Waals surface area contributed by atoms with Gasteiger partial charge in [-0.25, -0.2) is 0 Å². The van der Waals surface area contributed by atoms with Gasteiger partial charge in [-0.05, 0) is 38.5 Å². The zero-order chi connectivity index (χ0) is 16.3. The van der Waals surface area contributed by atoms with Gasteiger partial charge in [0, 0.05) is 32.2 Å². The van der Waals surface area contributed by atoms with Crippen molar-refractivity contribution >= 4 is 11.9 Å². The van der Waals surface area contributed by atoms with E-state index in [2.05, 4.69) is 4.90 Å². The first-order chi connectivity index (χ1) is 11.1. The Bertz CT molecular complexity index is 485. The molecule has 1 unspecified atom stereocenters. The number of nitrogens with zero attached hydrogens (tertiary/aromatic N) is 2. The molecule has 3 aliphatic rings. The van der Waals surface area contributed by atoms with Crippen LogP contribution in [-0.2, 0) is 9.59 Å². The largest absolute Gasteiger partial charge is 0.480 e. The van der Waals surface area contributed by atoms with Crippen LogP contribution in [0.1, 0.15) is 51.4 Å². The van der Waals surface area contributed by atoms with E-state index in [1.165, 1.54) is 25.7 Å². The number of allylic oxidation sites excluding steroid dienone is 2. The van der Waals surface area contributed by atoms with E-state index in [0.29, 0.717) is 38.4 Å². The van der Waals surface area contributed by atoms with E-state index in [1.54, 1.807) is 0 Å². The quantitative estimate of drug-likeness (QED) is 0.640. The fourth-order valence-corrected chi connectivity index (χ4v) is 4.39. The van der Waals surface area contributed by atoms with Crippen molar-refractivity contribution in [2.75, 3.05) is 26.2 Å². The molecule has 1 amide bonds. The molecule has 0 spiro atoms. The number of amides is 1. The van der Waals surface area contributed by atoms with Gasteiger partial charge < -0.3 is 10.0 Å². The number of carbonyl (C=O) groups is 2. The van der Waals surface area contributed by atoms with Crippen LogP contribution in [0.3, 0.4) is 0 Å². The molecule has 128 valence electrons. The zero-order valence-electron chi connectivity index (χ0n) is 13.9. The van der Waals surface area contributed by atoms with Crippen LogP contribution in [0.25, 0.3) is 0 Å². The third-order valence-electron chi connectivity index (χ3n) is 5.85. The number of aliphatic carboxylic acids is 1. The first-order valence-corrected chi connectivity index (χ1v) is 9.05. The molecule has 3 rings (SSSR count). The minimum atomic E-state index is -1.22. The molecule has 23 heavy (non-hydrogen) atoms. The van der Waals surface area contributed by atoms with Crippen LogP contribution in [0.15, 0.2) is 12.2 Å². The summed E-state index contributed by atoms with van der Waals surface area (Å²) >= 11 is 0. The van der Waals surface area contributed by atoms with E-state index >= 15 is 0 Å². The highest BCUT2D eigenvalue weighted by Crippen LogP contribution is 2.35. The summed E-state index contributed by atoms with van der Waals surface area (Å²) in [4.78, 5) is 29.2. The van der Waals surface area contributed by atoms with Gasteiger partial charge in [0.1, 0.15) is 5.41 Å². The predicted molar refractivity (Wildman–Crippen MR) is 88.1 cm³/mol. The molecular formula is C18H28N2O3. The lowest BCUT2D eigenvalue weighted by Crippen LogP contribution is -2.50. The second-order valence-corrected chi connectivity index (χ2v) is 7.22. The van der Waals surface area contributed by atoms with Gasteiger partial charge in [-0.15, -0.1) is 0 Å². The van der Waals surface area contributed by atoms with E-state index < -0.39 is 11.4 Å². The summed E-state index contributed by atoms with van der Waals surface area (Å²) in [6.07, 6.45) is 11.4. The van der Waals surface area contributed by atoms with Crippen LogP contribution in [0, 0.1) is 5.41 Å². The molecule has 0 aromatic rings. The second kappa shape index (κ2) is 7.04. The molecule has 1 aliphatic heterocycles. The van der Waals surface area contributed by atoms with E-state index in [9.17, 15) is 14.7 Å². The minimum absolute atomic E-state index is 0.164. The molecule has 2 fully saturated rings. The normalized spacial score (nSPS) is 30.3. The maximum atomic E-state index is 13.0. The average molecular weight is 320 g/mol. The Hall–Kier alpha value is -1.36. The van der Waals surface area contributed by atoms with Gasteiger partial charge in [-0.3, -0.25) is 14.5 Å². The zero-order valence-corrected chi connectivity index (χ0v) is 13.9. The number of hydrogen-bond donors (Lipinski definition) is 1. The van der Waals surface area contributed by atoms with Crippen molar-refractivity contribution in [2.45, 2.75) is 57.4 Å². The second-order valence-electron chi connectivity index (χ2n) is 7.22. The van der Waals surface area contributed by atoms with E-state index in [0.717, 1.165) is 19.5 Å². The Morgan fingerprint density at radius 2 is 1.78 bits per heavy atom. The first kappa shape index (κ1) is 16.5. The highest BCUT2D eigenvalue weighted by Gasteiger charge is 2.48. The van der Waals surface area contributed by atoms with Crippen LogP contribution in [-0.4, -0.2) is 59.0 Å². The molecule has 0 bridgehead atoms. The highest BCUT2D eigenvalue weighted by atomic mass is 16.4. The molecular weight excluding hydrogens is 292 g/mol. The lowest BCUT2D eigenvalue weighted by atomic mass is 9.75. The summed E-state index contributed by atoms with van der Waals surface area (Å²) in [5.41, 5.74) is -1.22. The van der Waals surface area contributed by atoms with Gasteiger partial charge >= 0.3 is 5.97 Å². The van der Waals surface area contributed by atoms with Crippen LogP contribution >= 0.6 is 0 Å². The molecule has 2 aliphatic carbocycles. The van der Waals surface area contributed by atoms with Gasteiger partial charge in [0.15, 0.2) is 0 Å². The molecule has 0 aromatic carbocycles. The van der Waals surface area contributed by atoms with Crippen molar-refractivity contribution in [1.82, 2.24) is 9.80 Å². The highest BCUT2D eigenvalue weighted by molar-refractivity contribution is 6.02. The number of carboxylic acids is 1. The summed E-state index contributed by atoms with van der Waals surface area (Å²) in [5.74, 6) is -1.12. The van der Waals surface area contributed by atoms with Crippen molar-refractivity contribution in [3.63, 3.8) is 0 Å². The Morgan fingerprint density at radius 1 is 1.00 bits per heavy atom. The Balaban J connectivity index is 1.67. The number of hydrogen-bond acceptors (Lipinski definition) is 3. The number of carbonyl (C=O) groups excluding carboxylic acids is 1. The maximum Gasteiger partial charge on any atom is 0.319 e. The van der Waals surface area contributed by atoms with Gasteiger partial charge in [0.2, 0.25) is 5.91 Å². The summed E-state index contributed by atoms with van der Waals surface area (Å²) in [5, 5.41) is 9.69. The van der Waals surface area contributed by atoms with Crippen LogP contribution in [0.4, 0.5) is 0 Å². The fourth-order valence-electron chi connectivity index (χ4n) is 4.39. The summed E-state index contributed by atoms with van der Waals surface area (Å²) in [6.45, 7) is 3.30. The minimum Gasteiger partial charge on any atom is -0.480 e.